The van der Waals surface area contributed by atoms with Crippen LogP contribution < -0.4 is 5.73 Å². The third-order valence-electron chi connectivity index (χ3n) is 5.34. The minimum atomic E-state index is -0.747. The molecule has 0 aliphatic heterocycles. The van der Waals surface area contributed by atoms with E-state index >= 15 is 0 Å². The summed E-state index contributed by atoms with van der Waals surface area (Å²) in [5.41, 5.74) is 11.7. The second-order valence-electron chi connectivity index (χ2n) is 8.39. The molecule has 0 amide bonds. The molecule has 0 radical (unpaired) electrons. The van der Waals surface area contributed by atoms with E-state index in [4.69, 9.17) is 5.73 Å². The Kier molecular flexibility index (Phi) is 6.71. The van der Waals surface area contributed by atoms with Gasteiger partial charge in [0.15, 0.2) is 0 Å². The minimum Gasteiger partial charge on any atom is -0.398 e. The third-order valence-corrected chi connectivity index (χ3v) is 6.84. The predicted molar refractivity (Wildman–Crippen MR) is 126 cm³/mol. The molecule has 0 saturated carbocycles. The van der Waals surface area contributed by atoms with E-state index in [-0.39, 0.29) is 11.8 Å². The lowest BCUT2D eigenvalue weighted by molar-refractivity contribution is 0.107. The number of aliphatic hydroxyl groups is 1. The van der Waals surface area contributed by atoms with Gasteiger partial charge in [-0.2, -0.15) is 0 Å². The number of hydrogen-bond donors (Lipinski definition) is 2. The fourth-order valence-corrected chi connectivity index (χ4v) is 4.51. The third kappa shape index (κ3) is 5.43. The SMILES string of the molecule is CC(c1ccccc1)c1cc(SCC(C)(C)O)c(N)c(C(C)c2ccccc2)c1. The molecule has 3 aromatic rings. The highest BCUT2D eigenvalue weighted by molar-refractivity contribution is 7.99. The number of rotatable bonds is 7. The van der Waals surface area contributed by atoms with Gasteiger partial charge in [0.1, 0.15) is 0 Å². The molecule has 0 spiro atoms. The van der Waals surface area contributed by atoms with Crippen LogP contribution in [-0.4, -0.2) is 16.5 Å². The molecule has 2 atom stereocenters. The summed E-state index contributed by atoms with van der Waals surface area (Å²) in [6, 6.07) is 25.5. The summed E-state index contributed by atoms with van der Waals surface area (Å²) in [7, 11) is 0. The van der Waals surface area contributed by atoms with Crippen molar-refractivity contribution in [3.63, 3.8) is 0 Å². The summed E-state index contributed by atoms with van der Waals surface area (Å²) in [6.07, 6.45) is 0. The van der Waals surface area contributed by atoms with E-state index in [1.165, 1.54) is 16.7 Å². The van der Waals surface area contributed by atoms with Gasteiger partial charge in [-0.1, -0.05) is 80.6 Å². The standard InChI is InChI=1S/C26H31NOS/c1-18(20-11-7-5-8-12-20)22-15-23(19(2)21-13-9-6-10-14-21)25(27)24(16-22)29-17-26(3,4)28/h5-16,18-19,28H,17,27H2,1-4H3. The summed E-state index contributed by atoms with van der Waals surface area (Å²) in [5.74, 6) is 1.06. The van der Waals surface area contributed by atoms with E-state index in [9.17, 15) is 5.11 Å². The molecule has 3 heteroatoms. The first kappa shape index (κ1) is 21.5. The van der Waals surface area contributed by atoms with Crippen molar-refractivity contribution in [2.45, 2.75) is 50.0 Å². The molecule has 2 unspecified atom stereocenters. The van der Waals surface area contributed by atoms with Gasteiger partial charge in [0, 0.05) is 28.2 Å². The van der Waals surface area contributed by atoms with Crippen molar-refractivity contribution in [1.82, 2.24) is 0 Å². The summed E-state index contributed by atoms with van der Waals surface area (Å²) in [4.78, 5) is 1.05. The van der Waals surface area contributed by atoms with Gasteiger partial charge in [-0.3, -0.25) is 0 Å². The molecule has 3 N–H and O–H groups in total. The monoisotopic (exact) mass is 405 g/mol. The van der Waals surface area contributed by atoms with Gasteiger partial charge in [0.2, 0.25) is 0 Å². The predicted octanol–water partition coefficient (Wildman–Crippen LogP) is 6.44. The average molecular weight is 406 g/mol. The van der Waals surface area contributed by atoms with E-state index in [0.29, 0.717) is 5.75 Å². The van der Waals surface area contributed by atoms with Crippen LogP contribution in [0, 0.1) is 0 Å². The Bertz CT molecular complexity index is 932. The molecular weight excluding hydrogens is 374 g/mol. The molecule has 29 heavy (non-hydrogen) atoms. The molecule has 0 saturated heterocycles. The highest BCUT2D eigenvalue weighted by atomic mass is 32.2. The van der Waals surface area contributed by atoms with Crippen LogP contribution in [0.4, 0.5) is 5.69 Å². The molecular formula is C26H31NOS. The number of nitrogen functional groups attached to an aromatic ring is 1. The summed E-state index contributed by atoms with van der Waals surface area (Å²) in [6.45, 7) is 8.12. The van der Waals surface area contributed by atoms with Crippen LogP contribution in [0.3, 0.4) is 0 Å². The molecule has 0 aliphatic rings. The smallest absolute Gasteiger partial charge is 0.0685 e. The van der Waals surface area contributed by atoms with Gasteiger partial charge >= 0.3 is 0 Å². The van der Waals surface area contributed by atoms with Crippen LogP contribution in [0.2, 0.25) is 0 Å². The van der Waals surface area contributed by atoms with E-state index in [1.807, 2.05) is 26.0 Å². The molecule has 3 aromatic carbocycles. The fraction of sp³-hybridized carbons (Fsp3) is 0.308. The number of nitrogens with two attached hydrogens (primary N) is 1. The number of benzene rings is 3. The lowest BCUT2D eigenvalue weighted by Crippen LogP contribution is -2.21. The molecule has 152 valence electrons. The Balaban J connectivity index is 2.06. The van der Waals surface area contributed by atoms with Gasteiger partial charge in [0.05, 0.1) is 5.60 Å². The van der Waals surface area contributed by atoms with E-state index in [0.717, 1.165) is 16.1 Å². The fourth-order valence-electron chi connectivity index (χ4n) is 3.51. The zero-order chi connectivity index (χ0) is 21.0. The molecule has 0 bridgehead atoms. The normalized spacial score (nSPS) is 13.8. The maximum absolute atomic E-state index is 10.2. The maximum atomic E-state index is 10.2. The van der Waals surface area contributed by atoms with Crippen LogP contribution in [0.25, 0.3) is 0 Å². The second kappa shape index (κ2) is 9.06. The first-order valence-electron chi connectivity index (χ1n) is 10.1. The first-order valence-corrected chi connectivity index (χ1v) is 11.1. The van der Waals surface area contributed by atoms with Gasteiger partial charge < -0.3 is 10.8 Å². The van der Waals surface area contributed by atoms with Gasteiger partial charge in [-0.05, 0) is 42.2 Å². The lowest BCUT2D eigenvalue weighted by atomic mass is 9.86. The van der Waals surface area contributed by atoms with Crippen LogP contribution >= 0.6 is 11.8 Å². The molecule has 0 aromatic heterocycles. The summed E-state index contributed by atoms with van der Waals surface area (Å²) in [5, 5.41) is 10.2. The largest absolute Gasteiger partial charge is 0.398 e. The Morgan fingerprint density at radius 2 is 1.34 bits per heavy atom. The number of thioether (sulfide) groups is 1. The minimum absolute atomic E-state index is 0.195. The molecule has 0 fully saturated rings. The quantitative estimate of drug-likeness (QED) is 0.351. The Hall–Kier alpha value is -2.23. The maximum Gasteiger partial charge on any atom is 0.0685 e. The second-order valence-corrected chi connectivity index (χ2v) is 9.40. The van der Waals surface area contributed by atoms with E-state index < -0.39 is 5.60 Å². The van der Waals surface area contributed by atoms with Crippen molar-refractivity contribution < 1.29 is 5.11 Å². The zero-order valence-corrected chi connectivity index (χ0v) is 18.5. The van der Waals surface area contributed by atoms with Gasteiger partial charge in [0.25, 0.3) is 0 Å². The summed E-state index contributed by atoms with van der Waals surface area (Å²) < 4.78 is 0. The van der Waals surface area contributed by atoms with E-state index in [2.05, 4.69) is 74.5 Å². The number of hydrogen-bond acceptors (Lipinski definition) is 3. The number of anilines is 1. The zero-order valence-electron chi connectivity index (χ0n) is 17.7. The Morgan fingerprint density at radius 1 is 0.828 bits per heavy atom. The van der Waals surface area contributed by atoms with Crippen LogP contribution in [0.5, 0.6) is 0 Å². The highest BCUT2D eigenvalue weighted by Gasteiger charge is 2.21. The Morgan fingerprint density at radius 3 is 1.86 bits per heavy atom. The molecule has 0 heterocycles. The Labute approximate surface area is 179 Å². The van der Waals surface area contributed by atoms with Crippen molar-refractivity contribution in [1.29, 1.82) is 0 Å². The molecule has 0 aliphatic carbocycles. The van der Waals surface area contributed by atoms with Gasteiger partial charge in [-0.25, -0.2) is 0 Å². The van der Waals surface area contributed by atoms with Crippen LogP contribution in [0.15, 0.2) is 77.7 Å². The van der Waals surface area contributed by atoms with Crippen molar-refractivity contribution in [2.75, 3.05) is 11.5 Å². The molecule has 3 rings (SSSR count). The topological polar surface area (TPSA) is 46.2 Å². The van der Waals surface area contributed by atoms with Crippen molar-refractivity contribution in [2.24, 2.45) is 0 Å². The lowest BCUT2D eigenvalue weighted by Gasteiger charge is -2.23. The molecule has 2 nitrogen and oxygen atoms in total. The highest BCUT2D eigenvalue weighted by Crippen LogP contribution is 2.39. The average Bonchev–Trinajstić information content (AvgIpc) is 2.72. The van der Waals surface area contributed by atoms with Crippen LogP contribution in [-0.2, 0) is 0 Å². The summed E-state index contributed by atoms with van der Waals surface area (Å²) >= 11 is 1.63. The first-order chi connectivity index (χ1) is 13.8. The van der Waals surface area contributed by atoms with Crippen molar-refractivity contribution in [3.05, 3.63) is 95.1 Å². The van der Waals surface area contributed by atoms with Crippen molar-refractivity contribution in [3.8, 4) is 0 Å². The van der Waals surface area contributed by atoms with Gasteiger partial charge in [-0.15, -0.1) is 11.8 Å². The van der Waals surface area contributed by atoms with E-state index in [1.54, 1.807) is 11.8 Å². The van der Waals surface area contributed by atoms with Crippen LogP contribution in [0.1, 0.15) is 61.8 Å². The van der Waals surface area contributed by atoms with Crippen molar-refractivity contribution >= 4 is 17.4 Å².